The van der Waals surface area contributed by atoms with Crippen molar-refractivity contribution >= 4 is 5.97 Å². The van der Waals surface area contributed by atoms with Gasteiger partial charge in [0.15, 0.2) is 23.3 Å². The van der Waals surface area contributed by atoms with Gasteiger partial charge < -0.3 is 9.84 Å². The number of ether oxygens (including phenoxy) is 1. The van der Waals surface area contributed by atoms with Crippen LogP contribution in [-0.4, -0.2) is 30.5 Å². The highest BCUT2D eigenvalue weighted by Gasteiger charge is 2.42. The molecule has 1 saturated heterocycles. The molecular formula is C20H19F5N2O3. The maximum absolute atomic E-state index is 14.1. The maximum Gasteiger partial charge on any atom is 0.306 e. The van der Waals surface area contributed by atoms with E-state index in [0.717, 1.165) is 19.2 Å². The van der Waals surface area contributed by atoms with Crippen LogP contribution in [0.1, 0.15) is 23.5 Å². The number of carbonyl (C=O) groups is 1. The molecule has 4 unspecified atom stereocenters. The number of esters is 1. The van der Waals surface area contributed by atoms with Crippen molar-refractivity contribution < 1.29 is 36.6 Å². The van der Waals surface area contributed by atoms with E-state index in [0.29, 0.717) is 12.1 Å². The molecular weight excluding hydrogens is 411 g/mol. The van der Waals surface area contributed by atoms with Crippen molar-refractivity contribution in [2.45, 2.75) is 31.0 Å². The first kappa shape index (κ1) is 22.1. The smallest absolute Gasteiger partial charge is 0.306 e. The third-order valence-electron chi connectivity index (χ3n) is 5.23. The number of methoxy groups -OCH3 is 1. The van der Waals surface area contributed by atoms with Gasteiger partial charge >= 0.3 is 5.97 Å². The summed E-state index contributed by atoms with van der Waals surface area (Å²) < 4.78 is 72.7. The first-order chi connectivity index (χ1) is 14.2. The second-order valence-electron chi connectivity index (χ2n) is 7.04. The zero-order valence-electron chi connectivity index (χ0n) is 15.8. The van der Waals surface area contributed by atoms with Gasteiger partial charge in [-0.15, -0.1) is 0 Å². The van der Waals surface area contributed by atoms with Gasteiger partial charge in [-0.25, -0.2) is 27.4 Å². The van der Waals surface area contributed by atoms with Crippen LogP contribution in [0.3, 0.4) is 0 Å². The Labute approximate surface area is 168 Å². The van der Waals surface area contributed by atoms with Crippen LogP contribution < -0.4 is 10.9 Å². The summed E-state index contributed by atoms with van der Waals surface area (Å²) in [6, 6.07) is 3.43. The third kappa shape index (κ3) is 4.61. The molecule has 0 amide bonds. The normalized spacial score (nSPS) is 22.2. The third-order valence-corrected chi connectivity index (χ3v) is 5.23. The van der Waals surface area contributed by atoms with Crippen molar-refractivity contribution in [3.05, 3.63) is 70.5 Å². The fourth-order valence-electron chi connectivity index (χ4n) is 3.73. The molecule has 1 heterocycles. The van der Waals surface area contributed by atoms with Gasteiger partial charge in [-0.3, -0.25) is 10.2 Å². The number of rotatable bonds is 6. The molecule has 1 aliphatic rings. The van der Waals surface area contributed by atoms with E-state index in [1.54, 1.807) is 0 Å². The summed E-state index contributed by atoms with van der Waals surface area (Å²) in [5, 5.41) is 10.4. The summed E-state index contributed by atoms with van der Waals surface area (Å²) in [4.78, 5) is 11.9. The van der Waals surface area contributed by atoms with E-state index < -0.39 is 59.2 Å². The Morgan fingerprint density at radius 3 is 2.33 bits per heavy atom. The molecule has 0 spiro atoms. The number of nitrogens with one attached hydrogen (secondary N) is 2. The van der Waals surface area contributed by atoms with E-state index in [1.165, 1.54) is 6.07 Å². The Morgan fingerprint density at radius 2 is 1.67 bits per heavy atom. The second kappa shape index (κ2) is 9.07. The van der Waals surface area contributed by atoms with Crippen LogP contribution >= 0.6 is 0 Å². The zero-order valence-corrected chi connectivity index (χ0v) is 15.8. The number of aliphatic hydroxyl groups excluding tert-OH is 1. The van der Waals surface area contributed by atoms with Crippen LogP contribution in [0.25, 0.3) is 0 Å². The highest BCUT2D eigenvalue weighted by molar-refractivity contribution is 5.70. The predicted octanol–water partition coefficient (Wildman–Crippen LogP) is 2.68. The van der Waals surface area contributed by atoms with E-state index >= 15 is 0 Å². The van der Waals surface area contributed by atoms with E-state index in [9.17, 15) is 31.9 Å². The average molecular weight is 430 g/mol. The minimum absolute atomic E-state index is 0.158. The molecule has 10 heteroatoms. The van der Waals surface area contributed by atoms with Crippen LogP contribution in [0.15, 0.2) is 30.3 Å². The SMILES string of the molecule is COC(=O)CC(c1ccc(F)c(F)c1)C1C(O)NNC1Cc1cc(F)c(F)cc1F. The molecule has 0 bridgehead atoms. The molecule has 2 aromatic rings. The van der Waals surface area contributed by atoms with Crippen molar-refractivity contribution in [3.8, 4) is 0 Å². The van der Waals surface area contributed by atoms with Crippen LogP contribution in [0, 0.1) is 35.0 Å². The van der Waals surface area contributed by atoms with Crippen LogP contribution in [0.4, 0.5) is 22.0 Å². The minimum Gasteiger partial charge on any atom is -0.469 e. The van der Waals surface area contributed by atoms with E-state index in [4.69, 9.17) is 0 Å². The lowest BCUT2D eigenvalue weighted by molar-refractivity contribution is -0.141. The molecule has 4 atom stereocenters. The number of hydrazine groups is 1. The fraction of sp³-hybridized carbons (Fsp3) is 0.350. The maximum atomic E-state index is 14.1. The average Bonchev–Trinajstić information content (AvgIpc) is 3.06. The number of hydrogen-bond donors (Lipinski definition) is 3. The summed E-state index contributed by atoms with van der Waals surface area (Å²) >= 11 is 0. The highest BCUT2D eigenvalue weighted by Crippen LogP contribution is 2.36. The molecule has 5 nitrogen and oxygen atoms in total. The van der Waals surface area contributed by atoms with Gasteiger partial charge in [0, 0.05) is 23.9 Å². The zero-order chi connectivity index (χ0) is 22.0. The van der Waals surface area contributed by atoms with Crippen LogP contribution in [0.5, 0.6) is 0 Å². The Morgan fingerprint density at radius 1 is 1.00 bits per heavy atom. The van der Waals surface area contributed by atoms with Crippen molar-refractivity contribution in [1.82, 2.24) is 10.9 Å². The lowest BCUT2D eigenvalue weighted by atomic mass is 9.77. The van der Waals surface area contributed by atoms with E-state index in [1.807, 2.05) is 0 Å². The van der Waals surface area contributed by atoms with Gasteiger partial charge in [-0.1, -0.05) is 6.07 Å². The van der Waals surface area contributed by atoms with E-state index in [-0.39, 0.29) is 24.0 Å². The second-order valence-corrected chi connectivity index (χ2v) is 7.04. The Kier molecular flexibility index (Phi) is 6.69. The minimum atomic E-state index is -1.34. The van der Waals surface area contributed by atoms with Crippen LogP contribution in [0.2, 0.25) is 0 Å². The van der Waals surface area contributed by atoms with Gasteiger partial charge in [0.25, 0.3) is 0 Å². The van der Waals surface area contributed by atoms with Crippen molar-refractivity contribution in [1.29, 1.82) is 0 Å². The van der Waals surface area contributed by atoms with Gasteiger partial charge in [0.2, 0.25) is 0 Å². The number of hydrogen-bond acceptors (Lipinski definition) is 5. The first-order valence-electron chi connectivity index (χ1n) is 9.05. The molecule has 0 saturated carbocycles. The molecule has 2 aromatic carbocycles. The quantitative estimate of drug-likeness (QED) is 0.374. The molecule has 1 fully saturated rings. The van der Waals surface area contributed by atoms with E-state index in [2.05, 4.69) is 15.6 Å². The molecule has 3 N–H and O–H groups in total. The van der Waals surface area contributed by atoms with Gasteiger partial charge in [0.05, 0.1) is 13.5 Å². The fourth-order valence-corrected chi connectivity index (χ4v) is 3.73. The number of carbonyl (C=O) groups excluding carboxylic acids is 1. The Bertz CT molecular complexity index is 943. The molecule has 3 rings (SSSR count). The summed E-state index contributed by atoms with van der Waals surface area (Å²) in [6.45, 7) is 0. The lowest BCUT2D eigenvalue weighted by Gasteiger charge is -2.29. The number of halogens is 5. The van der Waals surface area contributed by atoms with Crippen molar-refractivity contribution in [2.75, 3.05) is 7.11 Å². The first-order valence-corrected chi connectivity index (χ1v) is 9.05. The molecule has 0 aromatic heterocycles. The topological polar surface area (TPSA) is 70.6 Å². The Balaban J connectivity index is 1.96. The summed E-state index contributed by atoms with van der Waals surface area (Å²) in [6.07, 6.45) is -1.73. The molecule has 1 aliphatic heterocycles. The highest BCUT2D eigenvalue weighted by atomic mass is 19.2. The summed E-state index contributed by atoms with van der Waals surface area (Å²) in [5.74, 6) is -8.14. The van der Waals surface area contributed by atoms with Crippen molar-refractivity contribution in [2.24, 2.45) is 5.92 Å². The standard InChI is InChI=1S/C20H19F5N2O3/c1-30-18(28)7-11(9-2-3-12(21)14(23)4-9)19-17(26-27-20(19)29)6-10-5-15(24)16(25)8-13(10)22/h2-5,8,11,17,19-20,26-27,29H,6-7H2,1H3. The molecule has 30 heavy (non-hydrogen) atoms. The van der Waals surface area contributed by atoms with Gasteiger partial charge in [-0.2, -0.15) is 0 Å². The Hall–Kier alpha value is -2.56. The summed E-state index contributed by atoms with van der Waals surface area (Å²) in [5.41, 5.74) is 5.33. The molecule has 0 aliphatic carbocycles. The van der Waals surface area contributed by atoms with Gasteiger partial charge in [-0.05, 0) is 35.7 Å². The molecule has 162 valence electrons. The lowest BCUT2D eigenvalue weighted by Crippen LogP contribution is -2.36. The number of benzene rings is 2. The predicted molar refractivity (Wildman–Crippen MR) is 95.3 cm³/mol. The van der Waals surface area contributed by atoms with Crippen molar-refractivity contribution in [3.63, 3.8) is 0 Å². The summed E-state index contributed by atoms with van der Waals surface area (Å²) in [7, 11) is 1.15. The largest absolute Gasteiger partial charge is 0.469 e. The van der Waals surface area contributed by atoms with Gasteiger partial charge in [0.1, 0.15) is 12.0 Å². The number of aliphatic hydroxyl groups is 1. The molecule has 0 radical (unpaired) electrons. The monoisotopic (exact) mass is 430 g/mol. The van der Waals surface area contributed by atoms with Crippen LogP contribution in [-0.2, 0) is 16.0 Å².